The Hall–Kier alpha value is -1.63. The smallest absolute Gasteiger partial charge is 0.339 e. The lowest BCUT2D eigenvalue weighted by Crippen LogP contribution is -2.15. The number of carbonyl (C=O) groups is 1. The third-order valence-electron chi connectivity index (χ3n) is 2.13. The molecule has 17 heavy (non-hydrogen) atoms. The fourth-order valence-corrected chi connectivity index (χ4v) is 1.86. The number of hydrogen-bond donors (Lipinski definition) is 2. The molecule has 0 aliphatic rings. The third-order valence-corrected chi connectivity index (χ3v) is 2.51. The Kier molecular flexibility index (Phi) is 3.01. The van der Waals surface area contributed by atoms with E-state index in [1.54, 1.807) is 6.20 Å². The van der Waals surface area contributed by atoms with E-state index in [2.05, 4.69) is 31.3 Å². The van der Waals surface area contributed by atoms with Crippen molar-refractivity contribution < 1.29 is 9.90 Å². The highest BCUT2D eigenvalue weighted by Gasteiger charge is 2.17. The maximum atomic E-state index is 11.1. The van der Waals surface area contributed by atoms with Crippen molar-refractivity contribution in [1.29, 1.82) is 0 Å². The van der Waals surface area contributed by atoms with Gasteiger partial charge >= 0.3 is 5.97 Å². The Bertz CT molecular complexity index is 579. The first-order valence-electron chi connectivity index (χ1n) is 5.02. The molecule has 0 amide bonds. The van der Waals surface area contributed by atoms with Crippen LogP contribution in [0.1, 0.15) is 24.2 Å². The Morgan fingerprint density at radius 2 is 2.29 bits per heavy atom. The number of fused-ring (bicyclic) bond motifs is 1. The molecular formula is C10H11BrN4O2. The first-order chi connectivity index (χ1) is 7.99. The first kappa shape index (κ1) is 11.8. The van der Waals surface area contributed by atoms with Crippen molar-refractivity contribution in [2.24, 2.45) is 0 Å². The van der Waals surface area contributed by atoms with E-state index in [0.29, 0.717) is 15.9 Å². The second-order valence-electron chi connectivity index (χ2n) is 3.87. The van der Waals surface area contributed by atoms with Crippen molar-refractivity contribution in [2.75, 3.05) is 5.32 Å². The maximum absolute atomic E-state index is 11.1. The van der Waals surface area contributed by atoms with E-state index in [1.165, 1.54) is 10.7 Å². The molecule has 0 aliphatic carbocycles. The summed E-state index contributed by atoms with van der Waals surface area (Å²) in [5.41, 5.74) is 1.09. The second kappa shape index (κ2) is 4.33. The average molecular weight is 299 g/mol. The molecular weight excluding hydrogens is 288 g/mol. The number of hydrogen-bond acceptors (Lipinski definition) is 4. The van der Waals surface area contributed by atoms with E-state index in [9.17, 15) is 4.79 Å². The summed E-state index contributed by atoms with van der Waals surface area (Å²) in [5.74, 6) is -1.03. The van der Waals surface area contributed by atoms with Gasteiger partial charge in [-0.05, 0) is 29.8 Å². The Balaban J connectivity index is 2.69. The molecule has 0 spiro atoms. The van der Waals surface area contributed by atoms with Crippen molar-refractivity contribution in [3.63, 3.8) is 0 Å². The Labute approximate surface area is 106 Å². The lowest BCUT2D eigenvalue weighted by Gasteiger charge is -2.12. The molecule has 0 saturated carbocycles. The molecule has 2 N–H and O–H groups in total. The quantitative estimate of drug-likeness (QED) is 0.906. The van der Waals surface area contributed by atoms with Gasteiger partial charge in [0.1, 0.15) is 10.2 Å². The average Bonchev–Trinajstić information content (AvgIpc) is 2.58. The summed E-state index contributed by atoms with van der Waals surface area (Å²) >= 11 is 3.24. The van der Waals surface area contributed by atoms with Crippen LogP contribution in [0.3, 0.4) is 0 Å². The molecule has 90 valence electrons. The number of halogens is 1. The summed E-state index contributed by atoms with van der Waals surface area (Å²) in [5, 5.41) is 16.2. The number of carboxylic acids is 1. The van der Waals surface area contributed by atoms with E-state index >= 15 is 0 Å². The topological polar surface area (TPSA) is 79.5 Å². The van der Waals surface area contributed by atoms with Gasteiger partial charge in [-0.25, -0.2) is 14.3 Å². The normalized spacial score (nSPS) is 11.1. The van der Waals surface area contributed by atoms with Crippen LogP contribution in [0.2, 0.25) is 0 Å². The molecule has 0 atom stereocenters. The summed E-state index contributed by atoms with van der Waals surface area (Å²) < 4.78 is 2.14. The number of carboxylic acid groups (broad SMARTS) is 1. The summed E-state index contributed by atoms with van der Waals surface area (Å²) in [6, 6.07) is 0.106. The maximum Gasteiger partial charge on any atom is 0.339 e. The lowest BCUT2D eigenvalue weighted by molar-refractivity contribution is 0.0697. The molecule has 0 radical (unpaired) electrons. The fourth-order valence-electron chi connectivity index (χ4n) is 1.50. The predicted octanol–water partition coefficient (Wildman–Crippen LogP) is 2.01. The molecule has 0 saturated heterocycles. The standard InChI is InChI=1S/C10H11BrN4O2/c1-5(2)13-8-6(10(16)17)3-12-15-4-7(11)14-9(8)15/h3-5,13H,1-2H3,(H,16,17). The van der Waals surface area contributed by atoms with Gasteiger partial charge < -0.3 is 10.4 Å². The molecule has 0 unspecified atom stereocenters. The summed E-state index contributed by atoms with van der Waals surface area (Å²) in [6.07, 6.45) is 2.99. The number of anilines is 1. The Morgan fingerprint density at radius 1 is 1.59 bits per heavy atom. The molecule has 2 rings (SSSR count). The minimum Gasteiger partial charge on any atom is -0.478 e. The van der Waals surface area contributed by atoms with Crippen LogP contribution in [0.25, 0.3) is 5.65 Å². The van der Waals surface area contributed by atoms with E-state index in [-0.39, 0.29) is 11.6 Å². The number of aromatic nitrogens is 3. The Morgan fingerprint density at radius 3 is 2.88 bits per heavy atom. The van der Waals surface area contributed by atoms with Gasteiger partial charge in [0, 0.05) is 6.04 Å². The molecule has 2 heterocycles. The lowest BCUT2D eigenvalue weighted by atomic mass is 10.2. The van der Waals surface area contributed by atoms with Gasteiger partial charge in [-0.15, -0.1) is 0 Å². The molecule has 6 nitrogen and oxygen atoms in total. The zero-order valence-electron chi connectivity index (χ0n) is 9.31. The highest BCUT2D eigenvalue weighted by molar-refractivity contribution is 9.10. The minimum atomic E-state index is -1.03. The molecule has 0 aromatic carbocycles. The molecule has 7 heteroatoms. The van der Waals surface area contributed by atoms with Crippen LogP contribution in [0.4, 0.5) is 5.69 Å². The number of nitrogens with one attached hydrogen (secondary N) is 1. The van der Waals surface area contributed by atoms with Crippen molar-refractivity contribution in [1.82, 2.24) is 14.6 Å². The van der Waals surface area contributed by atoms with Crippen LogP contribution < -0.4 is 5.32 Å². The van der Waals surface area contributed by atoms with Crippen LogP contribution >= 0.6 is 15.9 Å². The highest BCUT2D eigenvalue weighted by Crippen LogP contribution is 2.23. The van der Waals surface area contributed by atoms with Gasteiger partial charge in [0.05, 0.1) is 18.1 Å². The zero-order chi connectivity index (χ0) is 12.6. The van der Waals surface area contributed by atoms with Crippen LogP contribution in [-0.2, 0) is 0 Å². The largest absolute Gasteiger partial charge is 0.478 e. The zero-order valence-corrected chi connectivity index (χ0v) is 10.9. The summed E-state index contributed by atoms with van der Waals surface area (Å²) in [4.78, 5) is 15.3. The molecule has 2 aromatic heterocycles. The van der Waals surface area contributed by atoms with E-state index in [4.69, 9.17) is 5.11 Å². The van der Waals surface area contributed by atoms with Gasteiger partial charge in [0.15, 0.2) is 5.65 Å². The van der Waals surface area contributed by atoms with Crippen molar-refractivity contribution >= 4 is 33.2 Å². The number of rotatable bonds is 3. The molecule has 0 bridgehead atoms. The number of nitrogens with zero attached hydrogens (tertiary/aromatic N) is 3. The monoisotopic (exact) mass is 298 g/mol. The van der Waals surface area contributed by atoms with Gasteiger partial charge in [0.25, 0.3) is 0 Å². The van der Waals surface area contributed by atoms with Gasteiger partial charge in [-0.3, -0.25) is 0 Å². The van der Waals surface area contributed by atoms with Crippen molar-refractivity contribution in [3.8, 4) is 0 Å². The van der Waals surface area contributed by atoms with Crippen LogP contribution in [0, 0.1) is 0 Å². The number of aromatic carboxylic acids is 1. The highest BCUT2D eigenvalue weighted by atomic mass is 79.9. The second-order valence-corrected chi connectivity index (χ2v) is 4.68. The predicted molar refractivity (Wildman–Crippen MR) is 66.4 cm³/mol. The van der Waals surface area contributed by atoms with Gasteiger partial charge in [-0.1, -0.05) is 0 Å². The third kappa shape index (κ3) is 2.23. The minimum absolute atomic E-state index is 0.106. The van der Waals surface area contributed by atoms with Crippen molar-refractivity contribution in [2.45, 2.75) is 19.9 Å². The summed E-state index contributed by atoms with van der Waals surface area (Å²) in [6.45, 7) is 3.86. The van der Waals surface area contributed by atoms with Gasteiger partial charge in [-0.2, -0.15) is 5.10 Å². The molecule has 0 aliphatic heterocycles. The van der Waals surface area contributed by atoms with E-state index in [1.807, 2.05) is 13.8 Å². The fraction of sp³-hybridized carbons (Fsp3) is 0.300. The molecule has 2 aromatic rings. The van der Waals surface area contributed by atoms with Crippen LogP contribution in [-0.4, -0.2) is 31.7 Å². The summed E-state index contributed by atoms with van der Waals surface area (Å²) in [7, 11) is 0. The van der Waals surface area contributed by atoms with E-state index < -0.39 is 5.97 Å². The van der Waals surface area contributed by atoms with Crippen molar-refractivity contribution in [3.05, 3.63) is 22.6 Å². The van der Waals surface area contributed by atoms with Crippen LogP contribution in [0.15, 0.2) is 17.0 Å². The van der Waals surface area contributed by atoms with Gasteiger partial charge in [0.2, 0.25) is 0 Å². The van der Waals surface area contributed by atoms with Crippen LogP contribution in [0.5, 0.6) is 0 Å². The SMILES string of the molecule is CC(C)Nc1c(C(=O)O)cnn2cc(Br)nc12. The first-order valence-corrected chi connectivity index (χ1v) is 5.82. The molecule has 0 fully saturated rings. The number of imidazole rings is 1. The van der Waals surface area contributed by atoms with E-state index in [0.717, 1.165) is 0 Å².